The summed E-state index contributed by atoms with van der Waals surface area (Å²) in [7, 11) is 0. The molecule has 2 aromatic rings. The molecule has 0 unspecified atom stereocenters. The predicted molar refractivity (Wildman–Crippen MR) is 107 cm³/mol. The van der Waals surface area contributed by atoms with Crippen molar-refractivity contribution >= 4 is 17.2 Å². The van der Waals surface area contributed by atoms with Crippen LogP contribution in [-0.2, 0) is 28.9 Å². The third-order valence-corrected chi connectivity index (χ3v) is 6.37. The molecule has 2 heterocycles. The van der Waals surface area contributed by atoms with E-state index in [1.807, 2.05) is 16.5 Å². The molecule has 2 aliphatic rings. The number of morpholine rings is 1. The molecule has 0 radical (unpaired) electrons. The van der Waals surface area contributed by atoms with Crippen LogP contribution in [0.25, 0.3) is 0 Å². The molecule has 1 aliphatic heterocycles. The van der Waals surface area contributed by atoms with Crippen molar-refractivity contribution in [3.05, 3.63) is 52.0 Å². The summed E-state index contributed by atoms with van der Waals surface area (Å²) in [6, 6.07) is 8.55. The molecule has 27 heavy (non-hydrogen) atoms. The smallest absolute Gasteiger partial charge is 0.226 e. The number of rotatable bonds is 6. The number of fused-ring (bicyclic) bond motifs is 1. The van der Waals surface area contributed by atoms with Gasteiger partial charge in [0, 0.05) is 43.7 Å². The van der Waals surface area contributed by atoms with Crippen LogP contribution in [0.15, 0.2) is 35.8 Å². The van der Waals surface area contributed by atoms with Crippen molar-refractivity contribution in [2.75, 3.05) is 39.4 Å². The first-order valence-corrected chi connectivity index (χ1v) is 10.7. The van der Waals surface area contributed by atoms with Crippen LogP contribution in [-0.4, -0.2) is 60.1 Å². The molecule has 1 fully saturated rings. The van der Waals surface area contributed by atoms with Crippen LogP contribution in [0.2, 0.25) is 0 Å². The van der Waals surface area contributed by atoms with Gasteiger partial charge >= 0.3 is 0 Å². The predicted octanol–water partition coefficient (Wildman–Crippen LogP) is 2.61. The van der Waals surface area contributed by atoms with Crippen LogP contribution in [0, 0.1) is 5.92 Å². The van der Waals surface area contributed by atoms with E-state index < -0.39 is 0 Å². The van der Waals surface area contributed by atoms with Gasteiger partial charge in [-0.1, -0.05) is 24.3 Å². The summed E-state index contributed by atoms with van der Waals surface area (Å²) in [5.41, 5.74) is 2.74. The van der Waals surface area contributed by atoms with Crippen LogP contribution in [0.3, 0.4) is 0 Å². The number of carbonyl (C=O) groups excluding carboxylic acids is 1. The van der Waals surface area contributed by atoms with Gasteiger partial charge in [0.05, 0.1) is 19.8 Å². The van der Waals surface area contributed by atoms with Crippen molar-refractivity contribution in [1.29, 1.82) is 0 Å². The average molecular weight is 386 g/mol. The Morgan fingerprint density at radius 1 is 1.26 bits per heavy atom. The highest BCUT2D eigenvalue weighted by molar-refractivity contribution is 7.09. The molecule has 1 aromatic heterocycles. The zero-order valence-corrected chi connectivity index (χ0v) is 16.5. The van der Waals surface area contributed by atoms with Crippen LogP contribution >= 0.6 is 11.3 Å². The molecule has 144 valence electrons. The number of aromatic nitrogens is 1. The fraction of sp³-hybridized carbons (Fsp3) is 0.524. The summed E-state index contributed by atoms with van der Waals surface area (Å²) in [4.78, 5) is 22.2. The van der Waals surface area contributed by atoms with Crippen LogP contribution in [0.4, 0.5) is 0 Å². The normalized spacial score (nSPS) is 20.2. The molecule has 4 rings (SSSR count). The van der Waals surface area contributed by atoms with Gasteiger partial charge in [0.2, 0.25) is 5.91 Å². The highest BCUT2D eigenvalue weighted by atomic mass is 32.1. The molecule has 1 atom stereocenters. The minimum absolute atomic E-state index is 0.0875. The maximum absolute atomic E-state index is 13.4. The SMILES string of the molecule is O=C([C@@H]1CCc2ccccc2C1)N(CCN1CCOCC1)Cc1nccs1. The number of hydrogen-bond acceptors (Lipinski definition) is 5. The standard InChI is InChI=1S/C21H27N3O2S/c25-21(19-6-5-17-3-1-2-4-18(17)15-19)24(16-20-22-7-14-27-20)9-8-23-10-12-26-13-11-23/h1-4,7,14,19H,5-6,8-13,15-16H2/t19-/m1/s1. The van der Waals surface area contributed by atoms with Gasteiger partial charge in [0.1, 0.15) is 5.01 Å². The lowest BCUT2D eigenvalue weighted by Crippen LogP contribution is -2.45. The summed E-state index contributed by atoms with van der Waals surface area (Å²) in [6.45, 7) is 5.78. The van der Waals surface area contributed by atoms with Crippen molar-refractivity contribution in [1.82, 2.24) is 14.8 Å². The zero-order valence-electron chi connectivity index (χ0n) is 15.7. The number of hydrogen-bond donors (Lipinski definition) is 0. The number of benzene rings is 1. The second-order valence-electron chi connectivity index (χ2n) is 7.35. The molecule has 0 bridgehead atoms. The van der Waals surface area contributed by atoms with Crippen molar-refractivity contribution < 1.29 is 9.53 Å². The zero-order chi connectivity index (χ0) is 18.5. The summed E-state index contributed by atoms with van der Waals surface area (Å²) >= 11 is 1.63. The summed E-state index contributed by atoms with van der Waals surface area (Å²) < 4.78 is 5.44. The monoisotopic (exact) mass is 385 g/mol. The van der Waals surface area contributed by atoms with Crippen LogP contribution in [0.1, 0.15) is 22.6 Å². The Hall–Kier alpha value is -1.76. The van der Waals surface area contributed by atoms with E-state index in [9.17, 15) is 4.79 Å². The van der Waals surface area contributed by atoms with Crippen molar-refractivity contribution in [3.63, 3.8) is 0 Å². The molecular formula is C21H27N3O2S. The van der Waals surface area contributed by atoms with E-state index in [1.165, 1.54) is 11.1 Å². The van der Waals surface area contributed by atoms with E-state index in [-0.39, 0.29) is 11.8 Å². The van der Waals surface area contributed by atoms with Gasteiger partial charge < -0.3 is 9.64 Å². The second-order valence-corrected chi connectivity index (χ2v) is 8.33. The Morgan fingerprint density at radius 3 is 2.85 bits per heavy atom. The third kappa shape index (κ3) is 4.75. The number of carbonyl (C=O) groups is 1. The molecule has 5 nitrogen and oxygen atoms in total. The topological polar surface area (TPSA) is 45.7 Å². The van der Waals surface area contributed by atoms with Gasteiger partial charge in [-0.05, 0) is 30.4 Å². The van der Waals surface area contributed by atoms with E-state index in [0.717, 1.165) is 63.7 Å². The van der Waals surface area contributed by atoms with Crippen molar-refractivity contribution in [3.8, 4) is 0 Å². The first-order chi connectivity index (χ1) is 13.3. The molecule has 1 amide bonds. The Bertz CT molecular complexity index is 744. The summed E-state index contributed by atoms with van der Waals surface area (Å²) in [5, 5.41) is 3.00. The molecular weight excluding hydrogens is 358 g/mol. The van der Waals surface area contributed by atoms with Crippen molar-refractivity contribution in [2.45, 2.75) is 25.8 Å². The molecule has 1 aliphatic carbocycles. The fourth-order valence-electron chi connectivity index (χ4n) is 4.02. The van der Waals surface area contributed by atoms with E-state index in [2.05, 4.69) is 34.1 Å². The van der Waals surface area contributed by atoms with E-state index >= 15 is 0 Å². The van der Waals surface area contributed by atoms with Gasteiger partial charge in [-0.15, -0.1) is 11.3 Å². The van der Waals surface area contributed by atoms with Gasteiger partial charge in [-0.3, -0.25) is 9.69 Å². The maximum Gasteiger partial charge on any atom is 0.226 e. The van der Waals surface area contributed by atoms with Crippen molar-refractivity contribution in [2.24, 2.45) is 5.92 Å². The van der Waals surface area contributed by atoms with E-state index in [1.54, 1.807) is 11.3 Å². The number of thiazole rings is 1. The molecule has 0 spiro atoms. The largest absolute Gasteiger partial charge is 0.379 e. The average Bonchev–Trinajstić information content (AvgIpc) is 3.24. The summed E-state index contributed by atoms with van der Waals surface area (Å²) in [6.07, 6.45) is 4.63. The minimum Gasteiger partial charge on any atom is -0.379 e. The van der Waals surface area contributed by atoms with Gasteiger partial charge in [-0.25, -0.2) is 4.98 Å². The number of aryl methyl sites for hydroxylation is 1. The quantitative estimate of drug-likeness (QED) is 0.767. The minimum atomic E-state index is 0.0875. The van der Waals surface area contributed by atoms with Gasteiger partial charge in [0.15, 0.2) is 0 Å². The van der Waals surface area contributed by atoms with E-state index in [0.29, 0.717) is 6.54 Å². The summed E-state index contributed by atoms with van der Waals surface area (Å²) in [5.74, 6) is 0.373. The number of amides is 1. The molecule has 0 saturated carbocycles. The van der Waals surface area contributed by atoms with Crippen LogP contribution in [0.5, 0.6) is 0 Å². The maximum atomic E-state index is 13.4. The number of ether oxygens (including phenoxy) is 1. The Balaban J connectivity index is 1.43. The Kier molecular flexibility index (Phi) is 6.17. The first-order valence-electron chi connectivity index (χ1n) is 9.83. The lowest BCUT2D eigenvalue weighted by Gasteiger charge is -2.33. The first kappa shape index (κ1) is 18.6. The highest BCUT2D eigenvalue weighted by Crippen LogP contribution is 2.27. The molecule has 6 heteroatoms. The second kappa shape index (κ2) is 8.95. The molecule has 1 aromatic carbocycles. The Morgan fingerprint density at radius 2 is 2.07 bits per heavy atom. The lowest BCUT2D eigenvalue weighted by atomic mass is 9.83. The van der Waals surface area contributed by atoms with E-state index in [4.69, 9.17) is 4.74 Å². The fourth-order valence-corrected chi connectivity index (χ4v) is 4.65. The molecule has 1 saturated heterocycles. The lowest BCUT2D eigenvalue weighted by molar-refractivity contribution is -0.137. The van der Waals surface area contributed by atoms with Crippen LogP contribution < -0.4 is 0 Å². The third-order valence-electron chi connectivity index (χ3n) is 5.61. The van der Waals surface area contributed by atoms with Gasteiger partial charge in [-0.2, -0.15) is 0 Å². The molecule has 0 N–H and O–H groups in total. The number of nitrogens with zero attached hydrogens (tertiary/aromatic N) is 3. The highest BCUT2D eigenvalue weighted by Gasteiger charge is 2.29. The van der Waals surface area contributed by atoms with Gasteiger partial charge in [0.25, 0.3) is 0 Å². The Labute approximate surface area is 165 Å².